The van der Waals surface area contributed by atoms with Gasteiger partial charge < -0.3 is 14.2 Å². The van der Waals surface area contributed by atoms with Crippen LogP contribution in [0.15, 0.2) is 10.5 Å². The van der Waals surface area contributed by atoms with Crippen LogP contribution >= 0.6 is 0 Å². The summed E-state index contributed by atoms with van der Waals surface area (Å²) in [5.74, 6) is 3.96. The fraction of sp³-hybridized carbons (Fsp3) is 0.750. The van der Waals surface area contributed by atoms with Crippen molar-refractivity contribution in [1.29, 1.82) is 0 Å². The maximum absolute atomic E-state index is 12.7. The lowest BCUT2D eigenvalue weighted by atomic mass is 9.83. The molecule has 0 aliphatic carbocycles. The zero-order valence-corrected chi connectivity index (χ0v) is 15.7. The molecule has 2 aliphatic rings. The van der Waals surface area contributed by atoms with Gasteiger partial charge in [0.2, 0.25) is 0 Å². The van der Waals surface area contributed by atoms with Crippen molar-refractivity contribution in [3.8, 4) is 0 Å². The fourth-order valence-electron chi connectivity index (χ4n) is 4.49. The third-order valence-electron chi connectivity index (χ3n) is 5.71. The van der Waals surface area contributed by atoms with Crippen molar-refractivity contribution in [3.63, 3.8) is 0 Å². The quantitative estimate of drug-likeness (QED) is 0.843. The summed E-state index contributed by atoms with van der Waals surface area (Å²) in [4.78, 5) is 17.4. The number of furan rings is 1. The Bertz CT molecular complexity index is 570. The Labute approximate surface area is 146 Å². The van der Waals surface area contributed by atoms with Gasteiger partial charge in [-0.2, -0.15) is 0 Å². The van der Waals surface area contributed by atoms with Gasteiger partial charge in [0.25, 0.3) is 5.91 Å². The molecule has 2 aliphatic heterocycles. The molecule has 134 valence electrons. The average molecular weight is 332 g/mol. The molecule has 3 rings (SSSR count). The lowest BCUT2D eigenvalue weighted by molar-refractivity contribution is 0.0770. The van der Waals surface area contributed by atoms with E-state index in [1.807, 2.05) is 24.8 Å². The molecule has 0 aromatic carbocycles. The van der Waals surface area contributed by atoms with E-state index in [1.165, 1.54) is 32.5 Å². The van der Waals surface area contributed by atoms with Gasteiger partial charge in [-0.25, -0.2) is 0 Å². The monoisotopic (exact) mass is 332 g/mol. The van der Waals surface area contributed by atoms with E-state index in [2.05, 4.69) is 18.7 Å². The highest BCUT2D eigenvalue weighted by molar-refractivity contribution is 5.95. The van der Waals surface area contributed by atoms with E-state index in [0.29, 0.717) is 5.92 Å². The van der Waals surface area contributed by atoms with E-state index in [9.17, 15) is 4.79 Å². The lowest BCUT2D eigenvalue weighted by Gasteiger charge is -2.35. The first-order chi connectivity index (χ1) is 11.4. The largest absolute Gasteiger partial charge is 0.466 e. The Kier molecular flexibility index (Phi) is 5.33. The number of carbonyl (C=O) groups excluding carboxylic acids is 1. The summed E-state index contributed by atoms with van der Waals surface area (Å²) in [6.45, 7) is 13.9. The van der Waals surface area contributed by atoms with Gasteiger partial charge in [-0.05, 0) is 70.0 Å². The highest BCUT2D eigenvalue weighted by Crippen LogP contribution is 2.33. The zero-order chi connectivity index (χ0) is 17.3. The van der Waals surface area contributed by atoms with E-state index in [-0.39, 0.29) is 5.91 Å². The molecule has 3 heterocycles. The topological polar surface area (TPSA) is 36.7 Å². The minimum Gasteiger partial charge on any atom is -0.466 e. The van der Waals surface area contributed by atoms with E-state index < -0.39 is 0 Å². The maximum atomic E-state index is 12.7. The molecule has 1 aromatic heterocycles. The van der Waals surface area contributed by atoms with Gasteiger partial charge in [0.15, 0.2) is 0 Å². The van der Waals surface area contributed by atoms with Crippen LogP contribution in [0.1, 0.15) is 55.0 Å². The second-order valence-electron chi connectivity index (χ2n) is 8.16. The number of aryl methyl sites for hydroxylation is 2. The van der Waals surface area contributed by atoms with Gasteiger partial charge in [0.05, 0.1) is 5.56 Å². The van der Waals surface area contributed by atoms with Gasteiger partial charge in [0.1, 0.15) is 11.5 Å². The number of likely N-dealkylation sites (tertiary alicyclic amines) is 2. The van der Waals surface area contributed by atoms with Crippen LogP contribution in [0.4, 0.5) is 0 Å². The fourth-order valence-corrected chi connectivity index (χ4v) is 4.49. The van der Waals surface area contributed by atoms with Crippen molar-refractivity contribution in [2.24, 2.45) is 17.8 Å². The highest BCUT2D eigenvalue weighted by atomic mass is 16.3. The smallest absolute Gasteiger partial charge is 0.257 e. The van der Waals surface area contributed by atoms with Crippen molar-refractivity contribution in [3.05, 3.63) is 23.2 Å². The van der Waals surface area contributed by atoms with Gasteiger partial charge in [-0.3, -0.25) is 4.79 Å². The first-order valence-corrected chi connectivity index (χ1v) is 9.52. The number of nitrogens with zero attached hydrogens (tertiary/aromatic N) is 2. The molecule has 0 saturated carbocycles. The van der Waals surface area contributed by atoms with Crippen LogP contribution in [-0.2, 0) is 0 Å². The second kappa shape index (κ2) is 7.30. The highest BCUT2D eigenvalue weighted by Gasteiger charge is 2.34. The first kappa shape index (κ1) is 17.5. The van der Waals surface area contributed by atoms with E-state index in [4.69, 9.17) is 4.42 Å². The second-order valence-corrected chi connectivity index (χ2v) is 8.16. The maximum Gasteiger partial charge on any atom is 0.257 e. The Morgan fingerprint density at radius 2 is 1.83 bits per heavy atom. The molecule has 0 radical (unpaired) electrons. The molecule has 2 fully saturated rings. The summed E-state index contributed by atoms with van der Waals surface area (Å²) < 4.78 is 5.53. The summed E-state index contributed by atoms with van der Waals surface area (Å²) in [6.07, 6.45) is 3.75. The van der Waals surface area contributed by atoms with E-state index in [1.54, 1.807) is 0 Å². The normalized spacial score (nSPS) is 23.4. The summed E-state index contributed by atoms with van der Waals surface area (Å²) in [5, 5.41) is 0. The van der Waals surface area contributed by atoms with Crippen molar-refractivity contribution in [2.45, 2.75) is 47.0 Å². The SMILES string of the molecule is Cc1cc(C(=O)N2CC[C@H](C3CCN(CC(C)C)CC3)C2)c(C)o1. The summed E-state index contributed by atoms with van der Waals surface area (Å²) in [7, 11) is 0. The van der Waals surface area contributed by atoms with Crippen molar-refractivity contribution in [2.75, 3.05) is 32.7 Å². The van der Waals surface area contributed by atoms with Gasteiger partial charge in [-0.1, -0.05) is 13.8 Å². The summed E-state index contributed by atoms with van der Waals surface area (Å²) in [5.41, 5.74) is 0.750. The third-order valence-corrected chi connectivity index (χ3v) is 5.71. The third kappa shape index (κ3) is 3.85. The minimum absolute atomic E-state index is 0.157. The molecule has 4 nitrogen and oxygen atoms in total. The molecule has 4 heteroatoms. The number of hydrogen-bond donors (Lipinski definition) is 0. The molecule has 0 spiro atoms. The van der Waals surface area contributed by atoms with Crippen LogP contribution in [0.2, 0.25) is 0 Å². The molecular weight excluding hydrogens is 300 g/mol. The van der Waals surface area contributed by atoms with E-state index >= 15 is 0 Å². The zero-order valence-electron chi connectivity index (χ0n) is 15.7. The Morgan fingerprint density at radius 1 is 1.17 bits per heavy atom. The van der Waals surface area contributed by atoms with Crippen molar-refractivity contribution >= 4 is 5.91 Å². The Hall–Kier alpha value is -1.29. The van der Waals surface area contributed by atoms with Crippen molar-refractivity contribution < 1.29 is 9.21 Å². The molecular formula is C20H32N2O2. The van der Waals surface area contributed by atoms with Crippen LogP contribution in [0, 0.1) is 31.6 Å². The van der Waals surface area contributed by atoms with Crippen LogP contribution in [0.3, 0.4) is 0 Å². The number of amides is 1. The van der Waals surface area contributed by atoms with Crippen molar-refractivity contribution in [1.82, 2.24) is 9.80 Å². The van der Waals surface area contributed by atoms with E-state index in [0.717, 1.165) is 48.4 Å². The van der Waals surface area contributed by atoms with Crippen LogP contribution in [0.25, 0.3) is 0 Å². The molecule has 1 aromatic rings. The number of carbonyl (C=O) groups is 1. The molecule has 0 bridgehead atoms. The molecule has 1 amide bonds. The Balaban J connectivity index is 1.53. The molecule has 1 atom stereocenters. The van der Waals surface area contributed by atoms with Gasteiger partial charge >= 0.3 is 0 Å². The predicted molar refractivity (Wildman–Crippen MR) is 96.2 cm³/mol. The number of piperidine rings is 1. The number of hydrogen-bond acceptors (Lipinski definition) is 3. The van der Waals surface area contributed by atoms with Gasteiger partial charge in [0, 0.05) is 19.6 Å². The van der Waals surface area contributed by atoms with Crippen LogP contribution < -0.4 is 0 Å². The summed E-state index contributed by atoms with van der Waals surface area (Å²) in [6, 6.07) is 1.88. The standard InChI is InChI=1S/C20H32N2O2/c1-14(2)12-21-8-5-17(6-9-21)18-7-10-22(13-18)20(23)19-11-15(3)24-16(19)4/h11,14,17-18H,5-10,12-13H2,1-4H3/t18-/m0/s1. The predicted octanol–water partition coefficient (Wildman–Crippen LogP) is 3.73. The summed E-state index contributed by atoms with van der Waals surface area (Å²) >= 11 is 0. The molecule has 0 N–H and O–H groups in total. The van der Waals surface area contributed by atoms with Gasteiger partial charge in [-0.15, -0.1) is 0 Å². The van der Waals surface area contributed by atoms with Crippen LogP contribution in [0.5, 0.6) is 0 Å². The Morgan fingerprint density at radius 3 is 2.42 bits per heavy atom. The molecule has 2 saturated heterocycles. The van der Waals surface area contributed by atoms with Crippen LogP contribution in [-0.4, -0.2) is 48.4 Å². The number of rotatable bonds is 4. The lowest BCUT2D eigenvalue weighted by Crippen LogP contribution is -2.39. The molecule has 0 unspecified atom stereocenters. The average Bonchev–Trinajstić information content (AvgIpc) is 3.13. The molecule has 24 heavy (non-hydrogen) atoms. The first-order valence-electron chi connectivity index (χ1n) is 9.52. The minimum atomic E-state index is 0.157.